The molecule has 126 valence electrons. The van der Waals surface area contributed by atoms with Gasteiger partial charge in [0.1, 0.15) is 0 Å². The molecule has 0 radical (unpaired) electrons. The molecule has 1 aromatic carbocycles. The van der Waals surface area contributed by atoms with Crippen LogP contribution in [0.3, 0.4) is 0 Å². The minimum atomic E-state index is -0.404. The van der Waals surface area contributed by atoms with E-state index in [1.165, 1.54) is 0 Å². The number of methoxy groups -OCH3 is 1. The summed E-state index contributed by atoms with van der Waals surface area (Å²) < 4.78 is 17.0. The normalized spacial score (nSPS) is 18.9. The van der Waals surface area contributed by atoms with Crippen molar-refractivity contribution < 1.29 is 18.8 Å². The Labute approximate surface area is 138 Å². The molecule has 0 unspecified atom stereocenters. The summed E-state index contributed by atoms with van der Waals surface area (Å²) in [6.07, 6.45) is 0.800. The highest BCUT2D eigenvalue weighted by Crippen LogP contribution is 2.36. The van der Waals surface area contributed by atoms with Crippen molar-refractivity contribution in [2.45, 2.75) is 45.3 Å². The van der Waals surface area contributed by atoms with Crippen LogP contribution in [0.25, 0.3) is 0 Å². The number of carbonyl (C=O) groups excluding carboxylic acids is 1. The summed E-state index contributed by atoms with van der Waals surface area (Å²) in [5.74, 6) is -0.0819. The van der Waals surface area contributed by atoms with Crippen LogP contribution in [-0.2, 0) is 14.0 Å². The Morgan fingerprint density at radius 1 is 1.13 bits per heavy atom. The largest absolute Gasteiger partial charge is 0.494 e. The van der Waals surface area contributed by atoms with E-state index in [-0.39, 0.29) is 17.1 Å². The maximum absolute atomic E-state index is 12.0. The van der Waals surface area contributed by atoms with Crippen molar-refractivity contribution in [1.29, 1.82) is 0 Å². The molecule has 0 bridgehead atoms. The number of nitrogens with one attached hydrogen (secondary N) is 1. The van der Waals surface area contributed by atoms with E-state index in [0.717, 1.165) is 11.9 Å². The molecule has 1 N–H and O–H groups in total. The summed E-state index contributed by atoms with van der Waals surface area (Å²) in [5, 5.41) is 2.87. The fraction of sp³-hybridized carbons (Fsp3) is 0.588. The van der Waals surface area contributed by atoms with Crippen molar-refractivity contribution in [1.82, 2.24) is 5.32 Å². The molecule has 2 rings (SSSR count). The topological polar surface area (TPSA) is 56.8 Å². The quantitative estimate of drug-likeness (QED) is 0.641. The van der Waals surface area contributed by atoms with Crippen LogP contribution < -0.4 is 10.8 Å². The monoisotopic (exact) mass is 319 g/mol. The minimum Gasteiger partial charge on any atom is -0.399 e. The standard InChI is InChI=1S/C17H26BNO4/c1-16(2)17(3,4)23-18(22-16)14-9-7-13(8-10-14)15(20)19-11-6-12-21-5/h7-10H,6,11-12H2,1-5H3,(H,19,20). The van der Waals surface area contributed by atoms with Gasteiger partial charge in [0.25, 0.3) is 5.91 Å². The zero-order chi connectivity index (χ0) is 17.1. The second-order valence-corrected chi connectivity index (χ2v) is 6.81. The molecule has 5 nitrogen and oxygen atoms in total. The maximum atomic E-state index is 12.0. The fourth-order valence-electron chi connectivity index (χ4n) is 2.29. The molecule has 0 spiro atoms. The average Bonchev–Trinajstić information content (AvgIpc) is 2.72. The SMILES string of the molecule is COCCCNC(=O)c1ccc(B2OC(C)(C)C(C)(C)O2)cc1. The van der Waals surface area contributed by atoms with Crippen molar-refractivity contribution in [3.63, 3.8) is 0 Å². The molecule has 0 aromatic heterocycles. The lowest BCUT2D eigenvalue weighted by atomic mass is 9.79. The summed E-state index contributed by atoms with van der Waals surface area (Å²) in [7, 11) is 1.25. The third kappa shape index (κ3) is 4.13. The van der Waals surface area contributed by atoms with E-state index in [1.807, 2.05) is 39.8 Å². The van der Waals surface area contributed by atoms with Crippen LogP contribution in [0, 0.1) is 0 Å². The maximum Gasteiger partial charge on any atom is 0.494 e. The zero-order valence-electron chi connectivity index (χ0n) is 14.6. The number of hydrogen-bond donors (Lipinski definition) is 1. The minimum absolute atomic E-state index is 0.0819. The highest BCUT2D eigenvalue weighted by Gasteiger charge is 2.51. The molecule has 0 saturated carbocycles. The molecule has 0 aliphatic carbocycles. The van der Waals surface area contributed by atoms with Gasteiger partial charge in [0.05, 0.1) is 11.2 Å². The first-order chi connectivity index (χ1) is 10.8. The van der Waals surface area contributed by atoms with E-state index < -0.39 is 7.12 Å². The summed E-state index contributed by atoms with van der Waals surface area (Å²) in [5.41, 5.74) is 0.812. The van der Waals surface area contributed by atoms with Crippen molar-refractivity contribution >= 4 is 18.5 Å². The molecule has 1 aromatic rings. The molecule has 0 atom stereocenters. The summed E-state index contributed by atoms with van der Waals surface area (Å²) in [6, 6.07) is 7.36. The van der Waals surface area contributed by atoms with E-state index in [0.29, 0.717) is 18.7 Å². The Hall–Kier alpha value is -1.37. The Kier molecular flexibility index (Phi) is 5.50. The first-order valence-corrected chi connectivity index (χ1v) is 7.99. The number of ether oxygens (including phenoxy) is 1. The number of benzene rings is 1. The van der Waals surface area contributed by atoms with Gasteiger partial charge in [-0.25, -0.2) is 0 Å². The molecular formula is C17H26BNO4. The van der Waals surface area contributed by atoms with Gasteiger partial charge >= 0.3 is 7.12 Å². The highest BCUT2D eigenvalue weighted by atomic mass is 16.7. The van der Waals surface area contributed by atoms with Crippen LogP contribution in [0.4, 0.5) is 0 Å². The predicted molar refractivity (Wildman–Crippen MR) is 91.0 cm³/mol. The van der Waals surface area contributed by atoms with E-state index in [4.69, 9.17) is 14.0 Å². The Bertz CT molecular complexity index is 526. The van der Waals surface area contributed by atoms with Gasteiger partial charge in [0, 0.05) is 25.8 Å². The molecule has 1 aliphatic rings. The van der Waals surface area contributed by atoms with Crippen LogP contribution in [-0.4, -0.2) is 44.5 Å². The van der Waals surface area contributed by atoms with Crippen LogP contribution in [0.1, 0.15) is 44.5 Å². The van der Waals surface area contributed by atoms with Gasteiger partial charge in [0.2, 0.25) is 0 Å². The van der Waals surface area contributed by atoms with Gasteiger partial charge in [-0.05, 0) is 51.7 Å². The lowest BCUT2D eigenvalue weighted by Crippen LogP contribution is -2.41. The first kappa shape index (κ1) is 18.0. The fourth-order valence-corrected chi connectivity index (χ4v) is 2.29. The van der Waals surface area contributed by atoms with Crippen LogP contribution in [0.15, 0.2) is 24.3 Å². The van der Waals surface area contributed by atoms with Gasteiger partial charge in [0.15, 0.2) is 0 Å². The number of amides is 1. The molecule has 6 heteroatoms. The van der Waals surface area contributed by atoms with E-state index in [2.05, 4.69) is 5.32 Å². The molecular weight excluding hydrogens is 293 g/mol. The van der Waals surface area contributed by atoms with Gasteiger partial charge in [-0.3, -0.25) is 4.79 Å². The summed E-state index contributed by atoms with van der Waals surface area (Å²) in [6.45, 7) is 9.33. The molecule has 1 fully saturated rings. The molecule has 23 heavy (non-hydrogen) atoms. The average molecular weight is 319 g/mol. The summed E-state index contributed by atoms with van der Waals surface area (Å²) >= 11 is 0. The van der Waals surface area contributed by atoms with Crippen LogP contribution >= 0.6 is 0 Å². The van der Waals surface area contributed by atoms with E-state index in [1.54, 1.807) is 19.2 Å². The van der Waals surface area contributed by atoms with E-state index in [9.17, 15) is 4.79 Å². The Morgan fingerprint density at radius 2 is 1.70 bits per heavy atom. The van der Waals surface area contributed by atoms with Crippen LogP contribution in [0.2, 0.25) is 0 Å². The summed E-state index contributed by atoms with van der Waals surface area (Å²) in [4.78, 5) is 12.0. The molecule has 1 heterocycles. The molecule has 1 amide bonds. The lowest BCUT2D eigenvalue weighted by molar-refractivity contribution is 0.00578. The van der Waals surface area contributed by atoms with E-state index >= 15 is 0 Å². The van der Waals surface area contributed by atoms with Crippen molar-refractivity contribution in [2.75, 3.05) is 20.3 Å². The van der Waals surface area contributed by atoms with Gasteiger partial charge in [-0.2, -0.15) is 0 Å². The molecule has 1 aliphatic heterocycles. The smallest absolute Gasteiger partial charge is 0.399 e. The van der Waals surface area contributed by atoms with Crippen molar-refractivity contribution in [3.05, 3.63) is 29.8 Å². The Balaban J connectivity index is 1.96. The number of carbonyl (C=O) groups is 1. The van der Waals surface area contributed by atoms with Crippen LogP contribution in [0.5, 0.6) is 0 Å². The van der Waals surface area contributed by atoms with Gasteiger partial charge in [-0.1, -0.05) is 12.1 Å². The lowest BCUT2D eigenvalue weighted by Gasteiger charge is -2.32. The predicted octanol–water partition coefficient (Wildman–Crippen LogP) is 1.75. The third-order valence-corrected chi connectivity index (χ3v) is 4.51. The third-order valence-electron chi connectivity index (χ3n) is 4.51. The molecule has 1 saturated heterocycles. The zero-order valence-corrected chi connectivity index (χ0v) is 14.6. The Morgan fingerprint density at radius 3 is 2.22 bits per heavy atom. The second kappa shape index (κ2) is 7.03. The van der Waals surface area contributed by atoms with Gasteiger partial charge in [-0.15, -0.1) is 0 Å². The second-order valence-electron chi connectivity index (χ2n) is 6.81. The highest BCUT2D eigenvalue weighted by molar-refractivity contribution is 6.62. The van der Waals surface area contributed by atoms with Gasteiger partial charge < -0.3 is 19.4 Å². The first-order valence-electron chi connectivity index (χ1n) is 7.99. The number of hydrogen-bond acceptors (Lipinski definition) is 4. The van der Waals surface area contributed by atoms with Crippen molar-refractivity contribution in [3.8, 4) is 0 Å². The number of rotatable bonds is 6. The van der Waals surface area contributed by atoms with Crippen molar-refractivity contribution in [2.24, 2.45) is 0 Å².